The van der Waals surface area contributed by atoms with Gasteiger partial charge in [0.15, 0.2) is 0 Å². The van der Waals surface area contributed by atoms with Crippen LogP contribution in [0.1, 0.15) is 25.3 Å². The van der Waals surface area contributed by atoms with Gasteiger partial charge in [-0.3, -0.25) is 0 Å². The third kappa shape index (κ3) is 3.30. The molecule has 0 bridgehead atoms. The Balaban J connectivity index is 2.59. The highest BCUT2D eigenvalue weighted by Crippen LogP contribution is 2.06. The number of unbranched alkanes of at least 4 members (excludes halogenated alkanes) is 1. The lowest BCUT2D eigenvalue weighted by Crippen LogP contribution is -2.10. The van der Waals surface area contributed by atoms with E-state index in [1.54, 1.807) is 6.20 Å². The van der Waals surface area contributed by atoms with Crippen molar-refractivity contribution in [3.8, 4) is 0 Å². The molecule has 0 aliphatic heterocycles. The molecule has 0 aliphatic rings. The van der Waals surface area contributed by atoms with Gasteiger partial charge in [0, 0.05) is 18.3 Å². The van der Waals surface area contributed by atoms with Crippen LogP contribution < -0.4 is 11.1 Å². The second-order valence-corrected chi connectivity index (χ2v) is 3.51. The molecule has 0 radical (unpaired) electrons. The number of rotatable bonds is 5. The van der Waals surface area contributed by atoms with E-state index in [9.17, 15) is 0 Å². The van der Waals surface area contributed by atoms with Crippen LogP contribution in [0.3, 0.4) is 0 Å². The van der Waals surface area contributed by atoms with E-state index >= 15 is 0 Å². The fraction of sp³-hybridized carbons (Fsp3) is 0.400. The average Bonchev–Trinajstić information content (AvgIpc) is 2.19. The maximum absolute atomic E-state index is 5.51. The number of aromatic nitrogens is 1. The number of pyridine rings is 1. The maximum Gasteiger partial charge on any atom is 0.126 e. The summed E-state index contributed by atoms with van der Waals surface area (Å²) in [5.74, 6) is 0.837. The lowest BCUT2D eigenvalue weighted by Gasteiger charge is -2.05. The molecule has 1 heterocycles. The van der Waals surface area contributed by atoms with Crippen molar-refractivity contribution >= 4 is 23.0 Å². The molecule has 14 heavy (non-hydrogen) atoms. The van der Waals surface area contributed by atoms with E-state index in [4.69, 9.17) is 18.0 Å². The summed E-state index contributed by atoms with van der Waals surface area (Å²) in [6, 6.07) is 3.69. The summed E-state index contributed by atoms with van der Waals surface area (Å²) >= 11 is 4.88. The molecule has 0 fully saturated rings. The Bertz CT molecular complexity index is 312. The molecule has 0 unspecified atom stereocenters. The lowest BCUT2D eigenvalue weighted by molar-refractivity contribution is 0.831. The first-order valence-corrected chi connectivity index (χ1v) is 5.14. The van der Waals surface area contributed by atoms with Crippen molar-refractivity contribution < 1.29 is 0 Å². The molecule has 4 heteroatoms. The van der Waals surface area contributed by atoms with Crippen LogP contribution in [0.5, 0.6) is 0 Å². The topological polar surface area (TPSA) is 50.9 Å². The van der Waals surface area contributed by atoms with Crippen LogP contribution in [0.25, 0.3) is 0 Å². The molecule has 0 atom stereocenters. The third-order valence-electron chi connectivity index (χ3n) is 1.88. The predicted octanol–water partition coefficient (Wildman–Crippen LogP) is 1.93. The van der Waals surface area contributed by atoms with Gasteiger partial charge >= 0.3 is 0 Å². The Hall–Kier alpha value is -1.16. The van der Waals surface area contributed by atoms with Gasteiger partial charge in [0.1, 0.15) is 10.8 Å². The summed E-state index contributed by atoms with van der Waals surface area (Å²) < 4.78 is 0. The highest BCUT2D eigenvalue weighted by Gasteiger charge is 1.98. The van der Waals surface area contributed by atoms with Gasteiger partial charge in [-0.25, -0.2) is 4.98 Å². The molecule has 3 N–H and O–H groups in total. The molecule has 0 spiro atoms. The second kappa shape index (κ2) is 5.54. The minimum absolute atomic E-state index is 0.408. The molecule has 1 aromatic rings. The van der Waals surface area contributed by atoms with Crippen LogP contribution in [0.15, 0.2) is 18.3 Å². The Morgan fingerprint density at radius 2 is 2.43 bits per heavy atom. The van der Waals surface area contributed by atoms with Gasteiger partial charge in [-0.1, -0.05) is 25.6 Å². The van der Waals surface area contributed by atoms with Crippen molar-refractivity contribution in [2.75, 3.05) is 11.9 Å². The Morgan fingerprint density at radius 1 is 1.64 bits per heavy atom. The molecular weight excluding hydrogens is 194 g/mol. The zero-order valence-electron chi connectivity index (χ0n) is 8.29. The van der Waals surface area contributed by atoms with Crippen molar-refractivity contribution in [2.45, 2.75) is 19.8 Å². The van der Waals surface area contributed by atoms with E-state index in [1.165, 1.54) is 6.42 Å². The van der Waals surface area contributed by atoms with Gasteiger partial charge in [-0.15, -0.1) is 0 Å². The smallest absolute Gasteiger partial charge is 0.126 e. The molecule has 1 aromatic heterocycles. The van der Waals surface area contributed by atoms with Gasteiger partial charge in [-0.05, 0) is 18.6 Å². The van der Waals surface area contributed by atoms with Gasteiger partial charge in [0.2, 0.25) is 0 Å². The van der Waals surface area contributed by atoms with Crippen LogP contribution >= 0.6 is 12.2 Å². The quantitative estimate of drug-likeness (QED) is 0.574. The average molecular weight is 209 g/mol. The standard InChI is InChI=1S/C10H15N3S/c1-2-3-5-12-9-7-8(10(11)14)4-6-13-9/h4,6-7H,2-3,5H2,1H3,(H2,11,14)(H,12,13). The zero-order chi connectivity index (χ0) is 10.4. The molecule has 0 saturated carbocycles. The second-order valence-electron chi connectivity index (χ2n) is 3.07. The number of hydrogen-bond donors (Lipinski definition) is 2. The van der Waals surface area contributed by atoms with Crippen molar-refractivity contribution in [1.29, 1.82) is 0 Å². The molecule has 76 valence electrons. The van der Waals surface area contributed by atoms with Crippen molar-refractivity contribution in [1.82, 2.24) is 4.98 Å². The first-order valence-electron chi connectivity index (χ1n) is 4.73. The summed E-state index contributed by atoms with van der Waals surface area (Å²) in [6.45, 7) is 3.09. The predicted molar refractivity (Wildman–Crippen MR) is 63.5 cm³/mol. The lowest BCUT2D eigenvalue weighted by atomic mass is 10.2. The van der Waals surface area contributed by atoms with Gasteiger partial charge in [0.25, 0.3) is 0 Å². The van der Waals surface area contributed by atoms with E-state index in [0.717, 1.165) is 24.3 Å². The third-order valence-corrected chi connectivity index (χ3v) is 2.12. The zero-order valence-corrected chi connectivity index (χ0v) is 9.10. The van der Waals surface area contributed by atoms with Crippen LogP contribution in [-0.2, 0) is 0 Å². The van der Waals surface area contributed by atoms with E-state index in [2.05, 4.69) is 17.2 Å². The van der Waals surface area contributed by atoms with E-state index in [0.29, 0.717) is 4.99 Å². The van der Waals surface area contributed by atoms with Crippen LogP contribution in [-0.4, -0.2) is 16.5 Å². The Kier molecular flexibility index (Phi) is 4.32. The number of nitrogens with one attached hydrogen (secondary N) is 1. The number of nitrogens with zero attached hydrogens (tertiary/aromatic N) is 1. The monoisotopic (exact) mass is 209 g/mol. The number of hydrogen-bond acceptors (Lipinski definition) is 3. The first-order chi connectivity index (χ1) is 6.74. The number of nitrogens with two attached hydrogens (primary N) is 1. The van der Waals surface area contributed by atoms with Gasteiger partial charge in [-0.2, -0.15) is 0 Å². The van der Waals surface area contributed by atoms with Crippen LogP contribution in [0.4, 0.5) is 5.82 Å². The number of anilines is 1. The van der Waals surface area contributed by atoms with E-state index < -0.39 is 0 Å². The van der Waals surface area contributed by atoms with Gasteiger partial charge < -0.3 is 11.1 Å². The highest BCUT2D eigenvalue weighted by atomic mass is 32.1. The maximum atomic E-state index is 5.51. The first kappa shape index (κ1) is 10.9. The summed E-state index contributed by atoms with van der Waals surface area (Å²) in [5.41, 5.74) is 6.37. The molecular formula is C10H15N3S. The van der Waals surface area contributed by atoms with Crippen molar-refractivity contribution in [3.05, 3.63) is 23.9 Å². The summed E-state index contributed by atoms with van der Waals surface area (Å²) in [6.07, 6.45) is 4.02. The largest absolute Gasteiger partial charge is 0.389 e. The van der Waals surface area contributed by atoms with Gasteiger partial charge in [0.05, 0.1) is 0 Å². The minimum atomic E-state index is 0.408. The minimum Gasteiger partial charge on any atom is -0.389 e. The molecule has 1 rings (SSSR count). The normalized spacial score (nSPS) is 9.79. The molecule has 3 nitrogen and oxygen atoms in total. The fourth-order valence-electron chi connectivity index (χ4n) is 1.07. The summed E-state index contributed by atoms with van der Waals surface area (Å²) in [7, 11) is 0. The fourth-order valence-corrected chi connectivity index (χ4v) is 1.20. The van der Waals surface area contributed by atoms with E-state index in [-0.39, 0.29) is 0 Å². The highest BCUT2D eigenvalue weighted by molar-refractivity contribution is 7.80. The molecule has 0 aromatic carbocycles. The van der Waals surface area contributed by atoms with Crippen molar-refractivity contribution in [3.63, 3.8) is 0 Å². The summed E-state index contributed by atoms with van der Waals surface area (Å²) in [4.78, 5) is 4.58. The van der Waals surface area contributed by atoms with Crippen molar-refractivity contribution in [2.24, 2.45) is 5.73 Å². The Labute approximate surface area is 89.7 Å². The SMILES string of the molecule is CCCCNc1cc(C(N)=S)ccn1. The molecule has 0 aliphatic carbocycles. The molecule has 0 amide bonds. The van der Waals surface area contributed by atoms with Crippen LogP contribution in [0.2, 0.25) is 0 Å². The summed E-state index contributed by atoms with van der Waals surface area (Å²) in [5, 5.41) is 3.21. The number of thiocarbonyl (C=S) groups is 1. The van der Waals surface area contributed by atoms with Crippen LogP contribution in [0, 0.1) is 0 Å². The van der Waals surface area contributed by atoms with E-state index in [1.807, 2.05) is 12.1 Å². The Morgan fingerprint density at radius 3 is 3.07 bits per heavy atom. The molecule has 0 saturated heterocycles.